The van der Waals surface area contributed by atoms with Gasteiger partial charge < -0.3 is 24.1 Å². The van der Waals surface area contributed by atoms with Crippen molar-refractivity contribution in [3.05, 3.63) is 168 Å². The summed E-state index contributed by atoms with van der Waals surface area (Å²) in [5.74, 6) is 8.18. The summed E-state index contributed by atoms with van der Waals surface area (Å²) >= 11 is 2.85. The number of aryl methyl sites for hydroxylation is 1. The van der Waals surface area contributed by atoms with E-state index in [9.17, 15) is 26.3 Å². The maximum atomic E-state index is 12.2. The summed E-state index contributed by atoms with van der Waals surface area (Å²) in [6, 6.07) is 40.1. The molecular formula is C41H34AlBeF6GaMgN8P4+6. The fourth-order valence-corrected chi connectivity index (χ4v) is 11.0. The first-order chi connectivity index (χ1) is 29.3. The van der Waals surface area contributed by atoms with Gasteiger partial charge in [0.05, 0.1) is 11.4 Å². The molecule has 8 heterocycles. The van der Waals surface area contributed by atoms with E-state index in [0.717, 1.165) is 69.3 Å². The van der Waals surface area contributed by atoms with Gasteiger partial charge in [-0.3, -0.25) is 0 Å². The molecule has 2 radical (unpaired) electrons. The van der Waals surface area contributed by atoms with E-state index in [1.807, 2.05) is 52.5 Å². The van der Waals surface area contributed by atoms with Gasteiger partial charge in [0.2, 0.25) is 0 Å². The Kier molecular flexibility index (Phi) is 20.3. The van der Waals surface area contributed by atoms with E-state index >= 15 is 0 Å². The molecule has 9 rings (SSSR count). The molecule has 0 fully saturated rings. The predicted molar refractivity (Wildman–Crippen MR) is 254 cm³/mol. The molecule has 4 atom stereocenters. The minimum atomic E-state index is -4.41. The molecule has 1 aromatic carbocycles. The molecule has 9 aromatic rings. The van der Waals surface area contributed by atoms with E-state index in [4.69, 9.17) is 0 Å². The molecule has 0 saturated carbocycles. The van der Waals surface area contributed by atoms with E-state index in [1.54, 1.807) is 40.8 Å². The van der Waals surface area contributed by atoms with Crippen LogP contribution in [0, 0.1) is 6.92 Å². The SMILES string of the molecule is Cc1cc(-c2cccc[pH+]2)[n]([GaH])n1.FC(F)(F)c1cc(-c2cccc[pH+]2)[n-]n1.FC(F)(F)c1cc(-c2cccc[pH+]2)[n-]n1.[AlH][n]1nc(-c2ccccc2)cc1-c1cccc[pH+]1.[Be+2].[Mg+2]. The Morgan fingerprint density at radius 3 is 1.33 bits per heavy atom. The number of aromatic nitrogens is 8. The summed E-state index contributed by atoms with van der Waals surface area (Å²) < 4.78 is 77.4. The second-order valence-corrected chi connectivity index (χ2v) is 19.3. The van der Waals surface area contributed by atoms with Crippen molar-refractivity contribution in [1.29, 1.82) is 0 Å². The molecule has 8 aromatic heterocycles. The number of hydrogen-bond donors (Lipinski definition) is 0. The van der Waals surface area contributed by atoms with E-state index in [0.29, 0.717) is 27.8 Å². The third-order valence-electron chi connectivity index (χ3n) is 8.35. The Bertz CT molecular complexity index is 2640. The van der Waals surface area contributed by atoms with Crippen molar-refractivity contribution in [3.8, 4) is 55.2 Å². The van der Waals surface area contributed by atoms with Crippen LogP contribution in [0.1, 0.15) is 17.1 Å². The number of nitrogens with zero attached hydrogens (tertiary/aromatic N) is 8. The Morgan fingerprint density at radius 2 is 0.968 bits per heavy atom. The predicted octanol–water partition coefficient (Wildman–Crippen LogP) is 10.3. The Morgan fingerprint density at radius 1 is 0.556 bits per heavy atom. The van der Waals surface area contributed by atoms with Crippen molar-refractivity contribution in [1.82, 2.24) is 37.6 Å². The fraction of sp³-hybridized carbons (Fsp3) is 0.0732. The first-order valence-corrected chi connectivity index (χ1v) is 24.4. The Balaban J connectivity index is 0.000000184. The molecule has 22 heteroatoms. The zero-order valence-corrected chi connectivity index (χ0v) is 43.4. The fourth-order valence-electron chi connectivity index (χ4n) is 5.49. The van der Waals surface area contributed by atoms with Crippen molar-refractivity contribution in [2.45, 2.75) is 19.3 Å². The molecular weight excluding hydrogens is 972 g/mol. The van der Waals surface area contributed by atoms with Gasteiger partial charge in [0.25, 0.3) is 0 Å². The van der Waals surface area contributed by atoms with Crippen LogP contribution in [0.25, 0.3) is 55.2 Å². The molecule has 63 heavy (non-hydrogen) atoms. The van der Waals surface area contributed by atoms with Gasteiger partial charge >= 0.3 is 151 Å². The molecule has 0 spiro atoms. The van der Waals surface area contributed by atoms with Crippen LogP contribution in [0.2, 0.25) is 0 Å². The second-order valence-electron chi connectivity index (χ2n) is 12.8. The molecule has 8 nitrogen and oxygen atoms in total. The van der Waals surface area contributed by atoms with Gasteiger partial charge in [0.1, 0.15) is 64.0 Å². The number of benzene rings is 1. The molecule has 0 bridgehead atoms. The summed E-state index contributed by atoms with van der Waals surface area (Å²) in [6.45, 7) is 2.04. The number of alkyl halides is 6. The normalized spacial score (nSPS) is 11.2. The van der Waals surface area contributed by atoms with E-state index in [-0.39, 0.29) is 33.2 Å². The summed E-state index contributed by atoms with van der Waals surface area (Å²) in [5.41, 5.74) is 4.58. The Labute approximate surface area is 404 Å². The van der Waals surface area contributed by atoms with Crippen LogP contribution in [0.15, 0.2) is 151 Å². The first-order valence-electron chi connectivity index (χ1n) is 18.1. The third-order valence-corrected chi connectivity index (χ3v) is 14.2. The van der Waals surface area contributed by atoms with Gasteiger partial charge in [-0.25, -0.2) is 0 Å². The summed E-state index contributed by atoms with van der Waals surface area (Å²) in [7, 11) is 2.21. The van der Waals surface area contributed by atoms with Crippen molar-refractivity contribution >= 4 is 101 Å². The van der Waals surface area contributed by atoms with Gasteiger partial charge in [-0.1, -0.05) is 59.9 Å². The van der Waals surface area contributed by atoms with Crippen LogP contribution >= 0.6 is 32.8 Å². The van der Waals surface area contributed by atoms with Crippen molar-refractivity contribution < 1.29 is 26.3 Å². The number of rotatable bonds is 5. The van der Waals surface area contributed by atoms with Gasteiger partial charge in [-0.2, -0.15) is 31.4 Å². The largest absolute Gasteiger partial charge is 2.00 e. The van der Waals surface area contributed by atoms with Crippen molar-refractivity contribution in [2.75, 3.05) is 0 Å². The molecule has 304 valence electrons. The van der Waals surface area contributed by atoms with Gasteiger partial charge in [-0.05, 0) is 54.6 Å². The van der Waals surface area contributed by atoms with Gasteiger partial charge in [0, 0.05) is 5.56 Å². The molecule has 0 aliphatic heterocycles. The van der Waals surface area contributed by atoms with Crippen LogP contribution in [-0.4, -0.2) is 96.0 Å². The quantitative estimate of drug-likeness (QED) is 0.126. The van der Waals surface area contributed by atoms with Gasteiger partial charge in [-0.15, -0.1) is 0 Å². The summed E-state index contributed by atoms with van der Waals surface area (Å²) in [6.07, 6.45) is -8.83. The monoisotopic (exact) mass is 1010 g/mol. The molecule has 0 N–H and O–H groups in total. The van der Waals surface area contributed by atoms with Crippen LogP contribution in [0.4, 0.5) is 26.3 Å². The molecule has 0 aliphatic carbocycles. The maximum Gasteiger partial charge on any atom is 2.00 e. The summed E-state index contributed by atoms with van der Waals surface area (Å²) in [4.78, 5) is 0. The van der Waals surface area contributed by atoms with Crippen LogP contribution in [-0.2, 0) is 12.4 Å². The number of halogens is 6. The zero-order valence-electron chi connectivity index (χ0n) is 33.6. The minimum Gasteiger partial charge on any atom is -0.571 e. The molecule has 0 amide bonds. The molecule has 0 aliphatic rings. The summed E-state index contributed by atoms with van der Waals surface area (Å²) in [5, 5.41) is 26.6. The standard InChI is InChI=1S/C14H10N2P.2C9H5F3N2P.C9H8N2P.Al.Be.Ga.Mg.2H/c1-2-6-11(7-3-1)12-10-13(16-15-12)14-8-4-5-9-17-14;2*10-9(11,12)8-5-6(13-14-8)7-3-1-2-4-15-7;1-7-6-8(11-10-7)9-4-2-3-5-12-9;;;;;;/h1-10H;2*1-5H;2-6H,1H3;;;;;;/q4*-1;+1;+2;+1;+2;;/p+4. The molecule has 4 unspecified atom stereocenters. The van der Waals surface area contributed by atoms with Crippen molar-refractivity contribution in [3.63, 3.8) is 0 Å². The van der Waals surface area contributed by atoms with E-state index in [1.165, 1.54) is 27.5 Å². The number of hydrogen-bond acceptors (Lipinski definition) is 4. The zero-order chi connectivity index (χ0) is 43.4. The Hall–Kier alpha value is -3.66. The first kappa shape index (κ1) is 52.0. The minimum absolute atomic E-state index is 0. The second kappa shape index (κ2) is 24.6. The van der Waals surface area contributed by atoms with Crippen LogP contribution in [0.5, 0.6) is 0 Å². The average Bonchev–Trinajstić information content (AvgIpc) is 4.10. The van der Waals surface area contributed by atoms with Crippen LogP contribution < -0.4 is 10.2 Å². The average molecular weight is 1010 g/mol. The topological polar surface area (TPSA) is 89.6 Å². The smallest absolute Gasteiger partial charge is 0.571 e. The van der Waals surface area contributed by atoms with Gasteiger partial charge in [0.15, 0.2) is 5.30 Å². The third kappa shape index (κ3) is 15.2. The maximum absolute atomic E-state index is 12.2. The van der Waals surface area contributed by atoms with E-state index < -0.39 is 23.7 Å². The molecule has 0 saturated heterocycles. The van der Waals surface area contributed by atoms with Crippen molar-refractivity contribution in [2.24, 2.45) is 0 Å². The van der Waals surface area contributed by atoms with Crippen LogP contribution in [0.3, 0.4) is 0 Å². The van der Waals surface area contributed by atoms with E-state index in [2.05, 4.69) is 106 Å².